The molecule has 1 heterocycles. The molecule has 0 aliphatic heterocycles. The van der Waals surface area contributed by atoms with Gasteiger partial charge in [-0.05, 0) is 25.8 Å². The topological polar surface area (TPSA) is 45.5 Å². The molecule has 0 aromatic carbocycles. The van der Waals surface area contributed by atoms with Gasteiger partial charge in [0.25, 0.3) is 0 Å². The van der Waals surface area contributed by atoms with E-state index < -0.39 is 0 Å². The number of hydrogen-bond acceptors (Lipinski definition) is 3. The molecule has 0 fully saturated rings. The van der Waals surface area contributed by atoms with Crippen LogP contribution in [0.5, 0.6) is 0 Å². The molecule has 0 saturated carbocycles. The van der Waals surface area contributed by atoms with Gasteiger partial charge in [-0.1, -0.05) is 0 Å². The molecular formula is C13H20N2O2. The first-order chi connectivity index (χ1) is 8.22. The molecule has 0 spiro atoms. The van der Waals surface area contributed by atoms with Crippen LogP contribution < -0.4 is 5.32 Å². The summed E-state index contributed by atoms with van der Waals surface area (Å²) in [5.74, 6) is 1.22. The second-order valence-corrected chi connectivity index (χ2v) is 4.53. The number of nitrogens with one attached hydrogen (secondary N) is 1. The van der Waals surface area contributed by atoms with E-state index in [1.165, 1.54) is 5.56 Å². The molecule has 1 aliphatic carbocycles. The second-order valence-electron chi connectivity index (χ2n) is 4.53. The molecule has 94 valence electrons. The van der Waals surface area contributed by atoms with Gasteiger partial charge in [0.05, 0.1) is 12.8 Å². The van der Waals surface area contributed by atoms with Gasteiger partial charge in [-0.15, -0.1) is 0 Å². The predicted molar refractivity (Wildman–Crippen MR) is 65.7 cm³/mol. The van der Waals surface area contributed by atoms with Crippen LogP contribution >= 0.6 is 0 Å². The average Bonchev–Trinajstić information content (AvgIpc) is 2.83. The fraction of sp³-hybridized carbons (Fsp3) is 0.615. The minimum Gasteiger partial charge on any atom is -0.469 e. The van der Waals surface area contributed by atoms with Crippen molar-refractivity contribution >= 4 is 5.91 Å². The van der Waals surface area contributed by atoms with Crippen LogP contribution in [-0.2, 0) is 11.2 Å². The van der Waals surface area contributed by atoms with Gasteiger partial charge in [-0.2, -0.15) is 0 Å². The van der Waals surface area contributed by atoms with Gasteiger partial charge in [-0.25, -0.2) is 0 Å². The number of likely N-dealkylation sites (N-methyl/N-ethyl adjacent to an activating group) is 1. The Morgan fingerprint density at radius 2 is 2.47 bits per heavy atom. The van der Waals surface area contributed by atoms with Gasteiger partial charge in [0, 0.05) is 31.6 Å². The monoisotopic (exact) mass is 236 g/mol. The molecule has 0 bridgehead atoms. The molecule has 1 unspecified atom stereocenters. The standard InChI is InChI=1S/C13H20N2O2/c1-3-15(2)13(16)9-14-11-5-4-6-12-10(11)7-8-17-12/h7-8,11,14H,3-6,9H2,1-2H3. The van der Waals surface area contributed by atoms with Crippen molar-refractivity contribution < 1.29 is 9.21 Å². The van der Waals surface area contributed by atoms with Crippen LogP contribution in [-0.4, -0.2) is 30.9 Å². The Hall–Kier alpha value is -1.29. The van der Waals surface area contributed by atoms with Crippen molar-refractivity contribution in [3.63, 3.8) is 0 Å². The summed E-state index contributed by atoms with van der Waals surface area (Å²) in [7, 11) is 1.83. The first-order valence-electron chi connectivity index (χ1n) is 6.26. The van der Waals surface area contributed by atoms with Gasteiger partial charge in [-0.3, -0.25) is 4.79 Å². The number of aryl methyl sites for hydroxylation is 1. The minimum absolute atomic E-state index is 0.142. The van der Waals surface area contributed by atoms with E-state index in [-0.39, 0.29) is 11.9 Å². The first kappa shape index (κ1) is 12.2. The Bertz CT molecular complexity index is 387. The zero-order chi connectivity index (χ0) is 12.3. The van der Waals surface area contributed by atoms with Crippen LogP contribution in [0.1, 0.15) is 37.1 Å². The van der Waals surface area contributed by atoms with Crippen LogP contribution in [0.2, 0.25) is 0 Å². The zero-order valence-corrected chi connectivity index (χ0v) is 10.5. The lowest BCUT2D eigenvalue weighted by Crippen LogP contribution is -2.37. The van der Waals surface area contributed by atoms with E-state index in [0.29, 0.717) is 6.54 Å². The van der Waals surface area contributed by atoms with Crippen molar-refractivity contribution in [2.75, 3.05) is 20.1 Å². The lowest BCUT2D eigenvalue weighted by atomic mass is 9.93. The third kappa shape index (κ3) is 2.69. The summed E-state index contributed by atoms with van der Waals surface area (Å²) in [5.41, 5.74) is 1.23. The highest BCUT2D eigenvalue weighted by Crippen LogP contribution is 2.30. The number of rotatable bonds is 4. The zero-order valence-electron chi connectivity index (χ0n) is 10.5. The quantitative estimate of drug-likeness (QED) is 0.866. The van der Waals surface area contributed by atoms with Crippen molar-refractivity contribution in [2.45, 2.75) is 32.2 Å². The summed E-state index contributed by atoms with van der Waals surface area (Å²) in [6.45, 7) is 3.13. The largest absolute Gasteiger partial charge is 0.469 e. The van der Waals surface area contributed by atoms with E-state index in [9.17, 15) is 4.79 Å². The van der Waals surface area contributed by atoms with E-state index in [1.54, 1.807) is 11.2 Å². The number of carbonyl (C=O) groups is 1. The lowest BCUT2D eigenvalue weighted by Gasteiger charge is -2.23. The smallest absolute Gasteiger partial charge is 0.236 e. The summed E-state index contributed by atoms with van der Waals surface area (Å²) in [4.78, 5) is 13.4. The van der Waals surface area contributed by atoms with Gasteiger partial charge < -0.3 is 14.6 Å². The highest BCUT2D eigenvalue weighted by molar-refractivity contribution is 5.77. The molecule has 0 radical (unpaired) electrons. The Balaban J connectivity index is 1.91. The first-order valence-corrected chi connectivity index (χ1v) is 6.26. The number of hydrogen-bond donors (Lipinski definition) is 1. The third-order valence-corrected chi connectivity index (χ3v) is 3.45. The number of amides is 1. The summed E-state index contributed by atoms with van der Waals surface area (Å²) in [6, 6.07) is 2.28. The number of furan rings is 1. The summed E-state index contributed by atoms with van der Waals surface area (Å²) in [6.07, 6.45) is 4.96. The van der Waals surface area contributed by atoms with E-state index in [4.69, 9.17) is 4.42 Å². The number of fused-ring (bicyclic) bond motifs is 1. The minimum atomic E-state index is 0.142. The van der Waals surface area contributed by atoms with Gasteiger partial charge in [0.15, 0.2) is 0 Å². The Labute approximate surface area is 102 Å². The SMILES string of the molecule is CCN(C)C(=O)CNC1CCCc2occc21. The summed E-state index contributed by atoms with van der Waals surface area (Å²) >= 11 is 0. The second kappa shape index (κ2) is 5.36. The van der Waals surface area contributed by atoms with Crippen LogP contribution in [0.25, 0.3) is 0 Å². The number of nitrogens with zero attached hydrogens (tertiary/aromatic N) is 1. The maximum atomic E-state index is 11.7. The molecule has 1 aliphatic rings. The average molecular weight is 236 g/mol. The molecule has 17 heavy (non-hydrogen) atoms. The Morgan fingerprint density at radius 3 is 3.24 bits per heavy atom. The predicted octanol–water partition coefficient (Wildman–Crippen LogP) is 1.72. The Morgan fingerprint density at radius 1 is 1.65 bits per heavy atom. The fourth-order valence-corrected chi connectivity index (χ4v) is 2.22. The van der Waals surface area contributed by atoms with Crippen molar-refractivity contribution in [3.8, 4) is 0 Å². The molecule has 1 atom stereocenters. The molecule has 4 heteroatoms. The van der Waals surface area contributed by atoms with E-state index in [0.717, 1.165) is 31.6 Å². The highest BCUT2D eigenvalue weighted by atomic mass is 16.3. The lowest BCUT2D eigenvalue weighted by molar-refractivity contribution is -0.128. The van der Waals surface area contributed by atoms with Crippen LogP contribution in [0.15, 0.2) is 16.7 Å². The van der Waals surface area contributed by atoms with Crippen LogP contribution in [0, 0.1) is 0 Å². The summed E-state index contributed by atoms with van der Waals surface area (Å²) in [5, 5.41) is 3.33. The Kier molecular flexibility index (Phi) is 3.84. The van der Waals surface area contributed by atoms with Crippen LogP contribution in [0.3, 0.4) is 0 Å². The molecule has 1 aromatic rings. The van der Waals surface area contributed by atoms with Crippen LogP contribution in [0.4, 0.5) is 0 Å². The summed E-state index contributed by atoms with van der Waals surface area (Å²) < 4.78 is 5.43. The van der Waals surface area contributed by atoms with E-state index in [2.05, 4.69) is 5.32 Å². The number of carbonyl (C=O) groups excluding carboxylic acids is 1. The van der Waals surface area contributed by atoms with Crippen molar-refractivity contribution in [2.24, 2.45) is 0 Å². The fourth-order valence-electron chi connectivity index (χ4n) is 2.22. The van der Waals surface area contributed by atoms with E-state index >= 15 is 0 Å². The maximum Gasteiger partial charge on any atom is 0.236 e. The van der Waals surface area contributed by atoms with Gasteiger partial charge in [0.2, 0.25) is 5.91 Å². The van der Waals surface area contributed by atoms with Crippen molar-refractivity contribution in [3.05, 3.63) is 23.7 Å². The van der Waals surface area contributed by atoms with Crippen molar-refractivity contribution in [1.82, 2.24) is 10.2 Å². The molecule has 1 amide bonds. The van der Waals surface area contributed by atoms with Crippen molar-refractivity contribution in [1.29, 1.82) is 0 Å². The molecular weight excluding hydrogens is 216 g/mol. The third-order valence-electron chi connectivity index (χ3n) is 3.45. The molecule has 1 N–H and O–H groups in total. The molecule has 1 aromatic heterocycles. The normalized spacial score (nSPS) is 18.8. The maximum absolute atomic E-state index is 11.7. The van der Waals surface area contributed by atoms with Gasteiger partial charge >= 0.3 is 0 Å². The molecule has 0 saturated heterocycles. The molecule has 2 rings (SSSR count). The molecule has 4 nitrogen and oxygen atoms in total. The highest BCUT2D eigenvalue weighted by Gasteiger charge is 2.22. The van der Waals surface area contributed by atoms with Gasteiger partial charge in [0.1, 0.15) is 5.76 Å². The van der Waals surface area contributed by atoms with E-state index in [1.807, 2.05) is 20.0 Å².